The molecule has 0 fully saturated rings. The normalized spacial score (nSPS) is 11.1. The standard InChI is InChI=1S/C21H16N4O6/c1-2-29-16-8-4-6-14-12-17(30-19(14)16)20-23-24-21(31-20)22-18(26)10-9-13-5-3-7-15(11-13)25(27)28/h3-12H,2H2,1H3,(H,22,24,26)/b10-9+. The lowest BCUT2D eigenvalue weighted by Gasteiger charge is -2.01. The van der Waals surface area contributed by atoms with Crippen molar-refractivity contribution in [2.45, 2.75) is 6.92 Å². The highest BCUT2D eigenvalue weighted by atomic mass is 16.6. The van der Waals surface area contributed by atoms with Gasteiger partial charge in [-0.15, -0.1) is 5.10 Å². The summed E-state index contributed by atoms with van der Waals surface area (Å²) in [4.78, 5) is 22.4. The first-order chi connectivity index (χ1) is 15.0. The number of nitrogens with zero attached hydrogens (tertiary/aromatic N) is 3. The van der Waals surface area contributed by atoms with Gasteiger partial charge in [0.1, 0.15) is 0 Å². The molecule has 1 amide bonds. The first-order valence-electron chi connectivity index (χ1n) is 9.26. The second-order valence-corrected chi connectivity index (χ2v) is 6.31. The summed E-state index contributed by atoms with van der Waals surface area (Å²) in [6, 6.07) is 13.0. The van der Waals surface area contributed by atoms with Crippen molar-refractivity contribution < 1.29 is 23.3 Å². The van der Waals surface area contributed by atoms with Gasteiger partial charge in [0, 0.05) is 23.6 Å². The molecule has 31 heavy (non-hydrogen) atoms. The number of rotatable bonds is 7. The van der Waals surface area contributed by atoms with E-state index in [9.17, 15) is 14.9 Å². The van der Waals surface area contributed by atoms with Gasteiger partial charge in [0.05, 0.1) is 11.5 Å². The summed E-state index contributed by atoms with van der Waals surface area (Å²) in [6.07, 6.45) is 2.65. The molecule has 0 saturated heterocycles. The molecule has 0 saturated carbocycles. The van der Waals surface area contributed by atoms with Gasteiger partial charge in [-0.3, -0.25) is 20.2 Å². The number of aromatic nitrogens is 2. The molecule has 0 aliphatic carbocycles. The van der Waals surface area contributed by atoms with Gasteiger partial charge < -0.3 is 13.6 Å². The van der Waals surface area contributed by atoms with Crippen molar-refractivity contribution in [3.05, 3.63) is 70.3 Å². The van der Waals surface area contributed by atoms with Crippen LogP contribution in [0.1, 0.15) is 12.5 Å². The zero-order chi connectivity index (χ0) is 21.8. The average Bonchev–Trinajstić information content (AvgIpc) is 3.40. The van der Waals surface area contributed by atoms with Gasteiger partial charge in [0.15, 0.2) is 17.1 Å². The number of hydrogen-bond donors (Lipinski definition) is 1. The number of hydrogen-bond acceptors (Lipinski definition) is 8. The maximum Gasteiger partial charge on any atom is 0.322 e. The fraction of sp³-hybridized carbons (Fsp3) is 0.0952. The average molecular weight is 420 g/mol. The maximum atomic E-state index is 12.1. The van der Waals surface area contributed by atoms with E-state index < -0.39 is 10.8 Å². The van der Waals surface area contributed by atoms with Crippen molar-refractivity contribution >= 4 is 34.7 Å². The van der Waals surface area contributed by atoms with E-state index in [1.165, 1.54) is 30.4 Å². The molecular formula is C21H16N4O6. The van der Waals surface area contributed by atoms with Crippen molar-refractivity contribution in [1.82, 2.24) is 10.2 Å². The third kappa shape index (κ3) is 4.42. The summed E-state index contributed by atoms with van der Waals surface area (Å²) in [5, 5.41) is 21.8. The van der Waals surface area contributed by atoms with Gasteiger partial charge >= 0.3 is 6.01 Å². The smallest absolute Gasteiger partial charge is 0.322 e. The molecule has 1 N–H and O–H groups in total. The zero-order valence-electron chi connectivity index (χ0n) is 16.3. The Hall–Kier alpha value is -4.47. The molecule has 0 atom stereocenters. The Labute approximate surface area is 175 Å². The first kappa shape index (κ1) is 19.8. The number of carbonyl (C=O) groups excluding carboxylic acids is 1. The fourth-order valence-electron chi connectivity index (χ4n) is 2.85. The molecule has 4 aromatic rings. The molecule has 2 aromatic carbocycles. The number of benzene rings is 2. The Morgan fingerprint density at radius 2 is 2.03 bits per heavy atom. The summed E-state index contributed by atoms with van der Waals surface area (Å²) in [5.41, 5.74) is 0.994. The SMILES string of the molecule is CCOc1cccc2cc(-c3nnc(NC(=O)/C=C/c4cccc([N+](=O)[O-])c4)o3)oc12. The topological polar surface area (TPSA) is 134 Å². The van der Waals surface area contributed by atoms with E-state index in [4.69, 9.17) is 13.6 Å². The van der Waals surface area contributed by atoms with Crippen LogP contribution in [0.4, 0.5) is 11.7 Å². The van der Waals surface area contributed by atoms with Crippen LogP contribution in [-0.2, 0) is 4.79 Å². The zero-order valence-corrected chi connectivity index (χ0v) is 16.3. The van der Waals surface area contributed by atoms with Crippen LogP contribution < -0.4 is 10.1 Å². The quantitative estimate of drug-likeness (QED) is 0.263. The largest absolute Gasteiger partial charge is 0.490 e. The second-order valence-electron chi connectivity index (χ2n) is 6.31. The number of anilines is 1. The molecule has 0 aliphatic rings. The van der Waals surface area contributed by atoms with Gasteiger partial charge in [-0.1, -0.05) is 29.4 Å². The molecular weight excluding hydrogens is 404 g/mol. The number of ether oxygens (including phenoxy) is 1. The summed E-state index contributed by atoms with van der Waals surface area (Å²) in [6.45, 7) is 2.37. The van der Waals surface area contributed by atoms with Gasteiger partial charge in [-0.25, -0.2) is 0 Å². The minimum absolute atomic E-state index is 0.0672. The third-order valence-electron chi connectivity index (χ3n) is 4.18. The van der Waals surface area contributed by atoms with E-state index in [1.807, 2.05) is 19.1 Å². The van der Waals surface area contributed by atoms with Crippen LogP contribution in [0.2, 0.25) is 0 Å². The Bertz CT molecular complexity index is 1290. The van der Waals surface area contributed by atoms with Gasteiger partial charge in [-0.2, -0.15) is 0 Å². The number of nitro groups is 1. The summed E-state index contributed by atoms with van der Waals surface area (Å²) in [5.74, 6) is 0.495. The molecule has 0 unspecified atom stereocenters. The molecule has 10 heteroatoms. The Balaban J connectivity index is 1.47. The molecule has 10 nitrogen and oxygen atoms in total. The molecule has 0 aliphatic heterocycles. The summed E-state index contributed by atoms with van der Waals surface area (Å²) >= 11 is 0. The Morgan fingerprint density at radius 3 is 2.84 bits per heavy atom. The van der Waals surface area contributed by atoms with Crippen LogP contribution >= 0.6 is 0 Å². The van der Waals surface area contributed by atoms with Crippen LogP contribution in [-0.4, -0.2) is 27.6 Å². The molecule has 0 bridgehead atoms. The highest BCUT2D eigenvalue weighted by molar-refractivity contribution is 6.00. The van der Waals surface area contributed by atoms with E-state index in [0.29, 0.717) is 29.3 Å². The number of amides is 1. The van der Waals surface area contributed by atoms with Crippen LogP contribution in [0.3, 0.4) is 0 Å². The molecule has 156 valence electrons. The minimum atomic E-state index is -0.537. The number of nitro benzene ring substituents is 1. The van der Waals surface area contributed by atoms with Crippen LogP contribution in [0.5, 0.6) is 5.75 Å². The Kier molecular flexibility index (Phi) is 5.43. The van der Waals surface area contributed by atoms with E-state index in [1.54, 1.807) is 18.2 Å². The number of fused-ring (bicyclic) bond motifs is 1. The molecule has 0 spiro atoms. The number of nitrogens with one attached hydrogen (secondary N) is 1. The van der Waals surface area contributed by atoms with Crippen LogP contribution in [0.25, 0.3) is 28.7 Å². The van der Waals surface area contributed by atoms with Crippen molar-refractivity contribution in [3.63, 3.8) is 0 Å². The maximum absolute atomic E-state index is 12.1. The fourth-order valence-corrected chi connectivity index (χ4v) is 2.85. The number of para-hydroxylation sites is 1. The van der Waals surface area contributed by atoms with Crippen LogP contribution in [0, 0.1) is 10.1 Å². The molecule has 0 radical (unpaired) electrons. The highest BCUT2D eigenvalue weighted by Crippen LogP contribution is 2.33. The molecule has 4 rings (SSSR count). The minimum Gasteiger partial charge on any atom is -0.490 e. The monoisotopic (exact) mass is 420 g/mol. The summed E-state index contributed by atoms with van der Waals surface area (Å²) < 4.78 is 16.8. The predicted octanol–water partition coefficient (Wildman–Crippen LogP) is 4.44. The van der Waals surface area contributed by atoms with Crippen molar-refractivity contribution in [1.29, 1.82) is 0 Å². The van der Waals surface area contributed by atoms with Gasteiger partial charge in [0.25, 0.3) is 17.5 Å². The van der Waals surface area contributed by atoms with Crippen molar-refractivity contribution in [2.75, 3.05) is 11.9 Å². The third-order valence-corrected chi connectivity index (χ3v) is 4.18. The number of non-ortho nitro benzene ring substituents is 1. The lowest BCUT2D eigenvalue weighted by molar-refractivity contribution is -0.384. The van der Waals surface area contributed by atoms with Gasteiger partial charge in [-0.05, 0) is 30.7 Å². The van der Waals surface area contributed by atoms with Crippen molar-refractivity contribution in [3.8, 4) is 17.4 Å². The van der Waals surface area contributed by atoms with Gasteiger partial charge in [0.2, 0.25) is 0 Å². The molecule has 2 heterocycles. The van der Waals surface area contributed by atoms with Crippen LogP contribution in [0.15, 0.2) is 63.4 Å². The predicted molar refractivity (Wildman–Crippen MR) is 111 cm³/mol. The lowest BCUT2D eigenvalue weighted by Crippen LogP contribution is -2.07. The highest BCUT2D eigenvalue weighted by Gasteiger charge is 2.16. The van der Waals surface area contributed by atoms with E-state index in [2.05, 4.69) is 15.5 Å². The Morgan fingerprint density at radius 1 is 1.19 bits per heavy atom. The second kappa shape index (κ2) is 8.49. The first-order valence-corrected chi connectivity index (χ1v) is 9.26. The summed E-state index contributed by atoms with van der Waals surface area (Å²) in [7, 11) is 0. The van der Waals surface area contributed by atoms with E-state index in [-0.39, 0.29) is 17.6 Å². The van der Waals surface area contributed by atoms with Crippen molar-refractivity contribution in [2.24, 2.45) is 0 Å². The molecule has 2 aromatic heterocycles. The number of furan rings is 1. The number of carbonyl (C=O) groups is 1. The lowest BCUT2D eigenvalue weighted by atomic mass is 10.2. The van der Waals surface area contributed by atoms with E-state index >= 15 is 0 Å². The van der Waals surface area contributed by atoms with E-state index in [0.717, 1.165) is 5.39 Å².